The van der Waals surface area contributed by atoms with E-state index in [1.807, 2.05) is 17.5 Å². The predicted molar refractivity (Wildman–Crippen MR) is 61.3 cm³/mol. The number of morpholine rings is 1. The highest BCUT2D eigenvalue weighted by atomic mass is 32.1. The second kappa shape index (κ2) is 5.98. The zero-order valence-electron chi connectivity index (χ0n) is 8.98. The van der Waals surface area contributed by atoms with E-state index < -0.39 is 0 Å². The molecule has 16 heavy (non-hydrogen) atoms. The van der Waals surface area contributed by atoms with E-state index in [2.05, 4.69) is 5.32 Å². The Kier molecular flexibility index (Phi) is 4.33. The van der Waals surface area contributed by atoms with E-state index in [1.54, 1.807) is 11.3 Å². The van der Waals surface area contributed by atoms with Gasteiger partial charge in [0.05, 0.1) is 19.1 Å². The topological polar surface area (TPSA) is 47.6 Å². The Morgan fingerprint density at radius 1 is 1.69 bits per heavy atom. The van der Waals surface area contributed by atoms with Crippen LogP contribution >= 0.6 is 11.3 Å². The quantitative estimate of drug-likeness (QED) is 0.804. The Balaban J connectivity index is 1.67. The Hall–Kier alpha value is -0.910. The van der Waals surface area contributed by atoms with Crippen LogP contribution in [0.3, 0.4) is 0 Å². The van der Waals surface area contributed by atoms with Gasteiger partial charge >= 0.3 is 5.97 Å². The molecular weight excluding hydrogens is 226 g/mol. The molecule has 1 aromatic rings. The summed E-state index contributed by atoms with van der Waals surface area (Å²) in [7, 11) is 0. The summed E-state index contributed by atoms with van der Waals surface area (Å²) in [5.41, 5.74) is 0. The van der Waals surface area contributed by atoms with E-state index in [0.29, 0.717) is 19.6 Å². The summed E-state index contributed by atoms with van der Waals surface area (Å²) in [6.45, 7) is 2.63. The minimum atomic E-state index is -0.192. The van der Waals surface area contributed by atoms with Crippen LogP contribution in [0.25, 0.3) is 0 Å². The van der Waals surface area contributed by atoms with Gasteiger partial charge in [-0.15, -0.1) is 11.3 Å². The molecule has 0 bridgehead atoms. The molecule has 1 unspecified atom stereocenters. The van der Waals surface area contributed by atoms with Gasteiger partial charge in [-0.3, -0.25) is 4.79 Å². The molecule has 1 aliphatic rings. The van der Waals surface area contributed by atoms with Crippen molar-refractivity contribution in [2.24, 2.45) is 0 Å². The fourth-order valence-corrected chi connectivity index (χ4v) is 2.16. The van der Waals surface area contributed by atoms with Crippen molar-refractivity contribution in [1.29, 1.82) is 0 Å². The standard InChI is InChI=1S/C11H15NO3S/c13-11(6-9-7-12-3-4-14-9)15-8-10-2-1-5-16-10/h1-2,5,9,12H,3-4,6-8H2. The van der Waals surface area contributed by atoms with Crippen LogP contribution in [0.1, 0.15) is 11.3 Å². The number of esters is 1. The molecule has 0 aliphatic carbocycles. The van der Waals surface area contributed by atoms with E-state index in [-0.39, 0.29) is 12.1 Å². The normalized spacial score (nSPS) is 20.6. The van der Waals surface area contributed by atoms with E-state index in [9.17, 15) is 4.79 Å². The van der Waals surface area contributed by atoms with Crippen LogP contribution in [0.5, 0.6) is 0 Å². The second-order valence-corrected chi connectivity index (χ2v) is 4.67. The summed E-state index contributed by atoms with van der Waals surface area (Å²) >= 11 is 1.59. The number of carbonyl (C=O) groups is 1. The number of ether oxygens (including phenoxy) is 2. The molecule has 1 saturated heterocycles. The van der Waals surface area contributed by atoms with Gasteiger partial charge in [0, 0.05) is 18.0 Å². The lowest BCUT2D eigenvalue weighted by Crippen LogP contribution is -2.39. The van der Waals surface area contributed by atoms with Crippen molar-refractivity contribution in [3.63, 3.8) is 0 Å². The Bertz CT molecular complexity index is 320. The van der Waals surface area contributed by atoms with Gasteiger partial charge in [-0.25, -0.2) is 0 Å². The summed E-state index contributed by atoms with van der Waals surface area (Å²) in [6.07, 6.45) is 0.294. The highest BCUT2D eigenvalue weighted by Gasteiger charge is 2.18. The first-order chi connectivity index (χ1) is 7.84. The molecule has 5 heteroatoms. The Morgan fingerprint density at radius 3 is 3.31 bits per heavy atom. The molecule has 0 spiro atoms. The number of carbonyl (C=O) groups excluding carboxylic acids is 1. The van der Waals surface area contributed by atoms with Gasteiger partial charge in [-0.05, 0) is 11.4 Å². The van der Waals surface area contributed by atoms with Crippen molar-refractivity contribution in [2.45, 2.75) is 19.1 Å². The predicted octanol–water partition coefficient (Wildman–Crippen LogP) is 1.17. The Morgan fingerprint density at radius 2 is 2.62 bits per heavy atom. The largest absolute Gasteiger partial charge is 0.460 e. The third kappa shape index (κ3) is 3.59. The zero-order chi connectivity index (χ0) is 11.2. The van der Waals surface area contributed by atoms with Gasteiger partial charge < -0.3 is 14.8 Å². The highest BCUT2D eigenvalue weighted by Crippen LogP contribution is 2.11. The maximum atomic E-state index is 11.5. The van der Waals surface area contributed by atoms with Gasteiger partial charge in [0.25, 0.3) is 0 Å². The molecule has 1 aliphatic heterocycles. The van der Waals surface area contributed by atoms with E-state index in [0.717, 1.165) is 18.0 Å². The summed E-state index contributed by atoms with van der Waals surface area (Å²) in [6, 6.07) is 3.90. The maximum absolute atomic E-state index is 11.5. The molecule has 88 valence electrons. The minimum Gasteiger partial charge on any atom is -0.460 e. The first-order valence-electron chi connectivity index (χ1n) is 5.35. The molecule has 1 fully saturated rings. The first-order valence-corrected chi connectivity index (χ1v) is 6.23. The van der Waals surface area contributed by atoms with Gasteiger partial charge in [0.2, 0.25) is 0 Å². The lowest BCUT2D eigenvalue weighted by Gasteiger charge is -2.22. The van der Waals surface area contributed by atoms with Gasteiger partial charge in [-0.1, -0.05) is 6.07 Å². The van der Waals surface area contributed by atoms with Gasteiger partial charge in [0.15, 0.2) is 0 Å². The molecule has 0 saturated carbocycles. The van der Waals surface area contributed by atoms with Crippen molar-refractivity contribution >= 4 is 17.3 Å². The van der Waals surface area contributed by atoms with Crippen LogP contribution < -0.4 is 5.32 Å². The molecule has 2 heterocycles. The number of rotatable bonds is 4. The summed E-state index contributed by atoms with van der Waals surface area (Å²) in [5, 5.41) is 5.15. The number of hydrogen-bond acceptors (Lipinski definition) is 5. The van der Waals surface area contributed by atoms with Crippen LogP contribution in [0.15, 0.2) is 17.5 Å². The van der Waals surface area contributed by atoms with E-state index >= 15 is 0 Å². The second-order valence-electron chi connectivity index (χ2n) is 3.64. The fraction of sp³-hybridized carbons (Fsp3) is 0.545. The van der Waals surface area contributed by atoms with Crippen LogP contribution in [-0.4, -0.2) is 31.8 Å². The highest BCUT2D eigenvalue weighted by molar-refractivity contribution is 7.09. The van der Waals surface area contributed by atoms with Crippen molar-refractivity contribution < 1.29 is 14.3 Å². The molecule has 0 amide bonds. The van der Waals surface area contributed by atoms with Gasteiger partial charge in [0.1, 0.15) is 6.61 Å². The van der Waals surface area contributed by atoms with Gasteiger partial charge in [-0.2, -0.15) is 0 Å². The van der Waals surface area contributed by atoms with Crippen molar-refractivity contribution in [3.05, 3.63) is 22.4 Å². The SMILES string of the molecule is O=C(CC1CNCCO1)OCc1cccs1. The molecule has 4 nitrogen and oxygen atoms in total. The smallest absolute Gasteiger partial charge is 0.308 e. The number of hydrogen-bond donors (Lipinski definition) is 1. The van der Waals surface area contributed by atoms with Crippen LogP contribution in [-0.2, 0) is 20.9 Å². The third-order valence-corrected chi connectivity index (χ3v) is 3.20. The average molecular weight is 241 g/mol. The summed E-state index contributed by atoms with van der Waals surface area (Å²) in [4.78, 5) is 12.5. The molecule has 1 atom stereocenters. The number of thiophene rings is 1. The van der Waals surface area contributed by atoms with Crippen LogP contribution in [0, 0.1) is 0 Å². The zero-order valence-corrected chi connectivity index (χ0v) is 9.79. The average Bonchev–Trinajstić information content (AvgIpc) is 2.81. The van der Waals surface area contributed by atoms with Crippen LogP contribution in [0.2, 0.25) is 0 Å². The monoisotopic (exact) mass is 241 g/mol. The lowest BCUT2D eigenvalue weighted by atomic mass is 10.2. The minimum absolute atomic E-state index is 0.0374. The van der Waals surface area contributed by atoms with Crippen molar-refractivity contribution in [1.82, 2.24) is 5.32 Å². The maximum Gasteiger partial charge on any atom is 0.308 e. The summed E-state index contributed by atoms with van der Waals surface area (Å²) in [5.74, 6) is -0.192. The third-order valence-electron chi connectivity index (χ3n) is 2.35. The van der Waals surface area contributed by atoms with E-state index in [1.165, 1.54) is 0 Å². The number of nitrogens with one attached hydrogen (secondary N) is 1. The molecule has 1 N–H and O–H groups in total. The van der Waals surface area contributed by atoms with Crippen LogP contribution in [0.4, 0.5) is 0 Å². The summed E-state index contributed by atoms with van der Waals surface area (Å²) < 4.78 is 10.6. The Labute approximate surface area is 98.6 Å². The fourth-order valence-electron chi connectivity index (χ4n) is 1.54. The molecule has 1 aromatic heterocycles. The molecular formula is C11H15NO3S. The lowest BCUT2D eigenvalue weighted by molar-refractivity contribution is -0.148. The molecule has 0 aromatic carbocycles. The van der Waals surface area contributed by atoms with Crippen molar-refractivity contribution in [2.75, 3.05) is 19.7 Å². The van der Waals surface area contributed by atoms with E-state index in [4.69, 9.17) is 9.47 Å². The molecule has 0 radical (unpaired) electrons. The van der Waals surface area contributed by atoms with Crippen molar-refractivity contribution in [3.8, 4) is 0 Å². The molecule has 2 rings (SSSR count). The first kappa shape index (κ1) is 11.6.